The minimum Gasteiger partial charge on any atom is -0.494 e. The topological polar surface area (TPSA) is 331 Å². The summed E-state index contributed by atoms with van der Waals surface area (Å²) in [7, 11) is 0. The number of fused-ring (bicyclic) bond motifs is 1. The van der Waals surface area contributed by atoms with Crippen LogP contribution in [0.2, 0.25) is 0 Å². The third-order valence-corrected chi connectivity index (χ3v) is 17.1. The van der Waals surface area contributed by atoms with Crippen molar-refractivity contribution < 1.29 is 72.0 Å². The van der Waals surface area contributed by atoms with Crippen LogP contribution in [0.3, 0.4) is 0 Å². The summed E-state index contributed by atoms with van der Waals surface area (Å²) in [5, 5.41) is 50.0. The molecule has 0 aliphatic carbocycles. The Morgan fingerprint density at radius 3 is 1.94 bits per heavy atom. The van der Waals surface area contributed by atoms with E-state index in [1.165, 1.54) is 23.4 Å². The molecule has 3 aliphatic heterocycles. The van der Waals surface area contributed by atoms with Crippen LogP contribution in [0, 0.1) is 18.3 Å². The van der Waals surface area contributed by atoms with Gasteiger partial charge in [-0.2, -0.15) is 5.26 Å². The molecule has 3 aliphatic rings. The number of carboxylic acids is 3. The van der Waals surface area contributed by atoms with Gasteiger partial charge in [0, 0.05) is 122 Å². The molecular formula is C67H95F2N13O13. The SMILES string of the molecule is C/C(=C\CCCCC(NC(=O)CN1CCN(CC(=O)O)CCN(CC(=O)O)CCN(CC(=O)O)CC1)C(=O)NCCCCCC(=O)N1CCN(CCCCOc2ccc3nccc(C(=O)NCC(=O)N4CC(F)(F)C[C@@H]4C#N)c3c2)CC1)NC(=O)CCCc1ccc(C)cc1. The molecular weight excluding hydrogens is 1230 g/mol. The Hall–Kier alpha value is -8.23. The summed E-state index contributed by atoms with van der Waals surface area (Å²) in [6.07, 6.45) is 10.5. The minimum atomic E-state index is -3.17. The first kappa shape index (κ1) is 75.8. The predicted molar refractivity (Wildman–Crippen MR) is 349 cm³/mol. The number of amides is 6. The summed E-state index contributed by atoms with van der Waals surface area (Å²) in [6, 6.07) is 14.4. The van der Waals surface area contributed by atoms with Crippen molar-refractivity contribution in [2.75, 3.05) is 138 Å². The number of pyridine rings is 1. The summed E-state index contributed by atoms with van der Waals surface area (Å²) in [4.78, 5) is 131. The van der Waals surface area contributed by atoms with Gasteiger partial charge in [0.05, 0.1) is 63.0 Å². The van der Waals surface area contributed by atoms with Gasteiger partial charge < -0.3 is 51.1 Å². The van der Waals surface area contributed by atoms with E-state index >= 15 is 0 Å². The summed E-state index contributed by atoms with van der Waals surface area (Å²) in [5.41, 5.74) is 3.82. The predicted octanol–water partition coefficient (Wildman–Crippen LogP) is 3.58. The van der Waals surface area contributed by atoms with Gasteiger partial charge in [-0.1, -0.05) is 48.7 Å². The lowest BCUT2D eigenvalue weighted by Crippen LogP contribution is -2.52. The molecule has 0 saturated carbocycles. The number of nitrogens with zero attached hydrogens (tertiary/aromatic N) is 9. The van der Waals surface area contributed by atoms with Gasteiger partial charge in [0.15, 0.2) is 0 Å². The number of alkyl halides is 2. The van der Waals surface area contributed by atoms with Crippen molar-refractivity contribution in [3.63, 3.8) is 0 Å². The maximum atomic E-state index is 13.9. The first-order valence-electron chi connectivity index (χ1n) is 33.0. The Bertz CT molecular complexity index is 3090. The highest BCUT2D eigenvalue weighted by molar-refractivity contribution is 6.07. The molecule has 1 unspecified atom stereocenters. The third-order valence-electron chi connectivity index (χ3n) is 17.1. The number of piperazine rings is 1. The summed E-state index contributed by atoms with van der Waals surface area (Å²) in [5.74, 6) is -8.06. The number of nitriles is 1. The first-order valence-corrected chi connectivity index (χ1v) is 33.0. The standard InChI is InChI=1S/C67H95F2N13O13/c1-49-17-19-51(20-18-49)13-11-15-58(83)74-50(2)12-5-3-6-14-57(75-59(84)44-77-27-29-78(45-62(87)88)31-33-80(47-64(91)92)34-32-79(30-28-77)46-63(89)90)66(94)72-24-8-4-7-16-60(85)81-37-35-76(36-38-81)26-9-10-39-95-53-21-22-56-55(40-53)54(23-25-71-56)65(93)73-43-61(86)82-48-67(68,69)41-52(82)42-70/h12,17-23,25,40,52,57H,3-11,13-16,24,26-39,41,43-48H2,1-2H3,(H,72,94)(H,73,93)(H,74,83)(H,75,84)(H,87,88)(H,89,90)(H,91,92)/b50-12+/t52-,57?/m1/s1. The van der Waals surface area contributed by atoms with Crippen molar-refractivity contribution in [1.82, 2.24) is 60.6 Å². The molecule has 95 heavy (non-hydrogen) atoms. The second-order valence-electron chi connectivity index (χ2n) is 24.8. The smallest absolute Gasteiger partial charge is 0.317 e. The highest BCUT2D eigenvalue weighted by Crippen LogP contribution is 2.32. The fourth-order valence-corrected chi connectivity index (χ4v) is 11.7. The number of halogens is 2. The van der Waals surface area contributed by atoms with Crippen LogP contribution in [0.25, 0.3) is 10.9 Å². The minimum absolute atomic E-state index is 0.0671. The van der Waals surface area contributed by atoms with E-state index in [0.29, 0.717) is 107 Å². The van der Waals surface area contributed by atoms with Crippen LogP contribution in [0.5, 0.6) is 5.75 Å². The first-order chi connectivity index (χ1) is 45.5. The average molecular weight is 1330 g/mol. The number of aryl methyl sites for hydroxylation is 2. The van der Waals surface area contributed by atoms with Crippen molar-refractivity contribution in [3.8, 4) is 11.8 Å². The molecule has 3 fully saturated rings. The van der Waals surface area contributed by atoms with Gasteiger partial charge in [-0.05, 0) is 108 Å². The number of benzene rings is 2. The number of rotatable bonds is 35. The molecule has 1 aromatic heterocycles. The number of allylic oxidation sites excluding steroid dienone is 2. The highest BCUT2D eigenvalue weighted by Gasteiger charge is 2.47. The number of aromatic nitrogens is 1. The van der Waals surface area contributed by atoms with E-state index in [4.69, 9.17) is 4.74 Å². The zero-order valence-electron chi connectivity index (χ0n) is 54.9. The molecule has 2 aromatic carbocycles. The van der Waals surface area contributed by atoms with Crippen molar-refractivity contribution >= 4 is 64.3 Å². The monoisotopic (exact) mass is 1330 g/mol. The molecule has 0 spiro atoms. The van der Waals surface area contributed by atoms with E-state index in [0.717, 1.165) is 49.5 Å². The number of carbonyl (C=O) groups excluding carboxylic acids is 6. The third kappa shape index (κ3) is 27.9. The molecule has 3 saturated heterocycles. The van der Waals surface area contributed by atoms with Crippen molar-refractivity contribution in [2.45, 2.75) is 122 Å². The van der Waals surface area contributed by atoms with Crippen molar-refractivity contribution in [1.29, 1.82) is 5.26 Å². The Labute approximate surface area is 554 Å². The van der Waals surface area contributed by atoms with E-state index in [9.17, 15) is 72.5 Å². The Morgan fingerprint density at radius 1 is 0.695 bits per heavy atom. The number of carboxylic acid groups (broad SMARTS) is 3. The summed E-state index contributed by atoms with van der Waals surface area (Å²) in [6.45, 7) is 7.32. The maximum Gasteiger partial charge on any atom is 0.317 e. The number of likely N-dealkylation sites (tertiary alicyclic amines) is 1. The van der Waals surface area contributed by atoms with E-state index < -0.39 is 73.1 Å². The lowest BCUT2D eigenvalue weighted by atomic mass is 10.1. The summed E-state index contributed by atoms with van der Waals surface area (Å²) >= 11 is 0. The van der Waals surface area contributed by atoms with Gasteiger partial charge in [-0.15, -0.1) is 0 Å². The van der Waals surface area contributed by atoms with Crippen LogP contribution in [0.4, 0.5) is 8.78 Å². The van der Waals surface area contributed by atoms with Gasteiger partial charge in [0.25, 0.3) is 11.8 Å². The van der Waals surface area contributed by atoms with Crippen LogP contribution in [0.1, 0.15) is 112 Å². The van der Waals surface area contributed by atoms with Crippen LogP contribution in [0.15, 0.2) is 66.5 Å². The van der Waals surface area contributed by atoms with Crippen LogP contribution in [-0.4, -0.2) is 263 Å². The molecule has 7 N–H and O–H groups in total. The second kappa shape index (κ2) is 39.6. The van der Waals surface area contributed by atoms with Gasteiger partial charge in [-0.25, -0.2) is 8.78 Å². The van der Waals surface area contributed by atoms with Crippen molar-refractivity contribution in [3.05, 3.63) is 83.2 Å². The van der Waals surface area contributed by atoms with Crippen molar-refractivity contribution in [2.24, 2.45) is 0 Å². The van der Waals surface area contributed by atoms with E-state index in [2.05, 4.69) is 55.4 Å². The number of ether oxygens (including phenoxy) is 1. The van der Waals surface area contributed by atoms with Gasteiger partial charge >= 0.3 is 17.9 Å². The number of hydrogen-bond acceptors (Lipinski definition) is 17. The number of hydrogen-bond donors (Lipinski definition) is 7. The fraction of sp³-hybridized carbons (Fsp3) is 0.597. The van der Waals surface area contributed by atoms with Gasteiger partial charge in [-0.3, -0.25) is 72.6 Å². The van der Waals surface area contributed by atoms with E-state index in [1.807, 2.05) is 24.8 Å². The van der Waals surface area contributed by atoms with Gasteiger partial charge in [0.1, 0.15) is 17.8 Å². The molecule has 0 radical (unpaired) electrons. The number of nitrogens with one attached hydrogen (secondary N) is 4. The highest BCUT2D eigenvalue weighted by atomic mass is 19.3. The molecule has 6 amide bonds. The van der Waals surface area contributed by atoms with Gasteiger partial charge in [0.2, 0.25) is 29.5 Å². The van der Waals surface area contributed by atoms with E-state index in [-0.39, 0.29) is 102 Å². The normalized spacial score (nSPS) is 17.6. The van der Waals surface area contributed by atoms with Crippen LogP contribution < -0.4 is 26.0 Å². The summed E-state index contributed by atoms with van der Waals surface area (Å²) < 4.78 is 33.9. The molecule has 3 aromatic rings. The largest absolute Gasteiger partial charge is 0.494 e. The van der Waals surface area contributed by atoms with Crippen LogP contribution >= 0.6 is 0 Å². The lowest BCUT2D eigenvalue weighted by molar-refractivity contribution is -0.140. The zero-order chi connectivity index (χ0) is 68.7. The Balaban J connectivity index is 0.920. The second-order valence-corrected chi connectivity index (χ2v) is 24.8. The van der Waals surface area contributed by atoms with Crippen LogP contribution in [-0.2, 0) is 44.8 Å². The quantitative estimate of drug-likeness (QED) is 0.0414. The number of carbonyl (C=O) groups is 9. The molecule has 2 atom stereocenters. The van der Waals surface area contributed by atoms with E-state index in [1.54, 1.807) is 43.9 Å². The molecule has 28 heteroatoms. The number of aliphatic carboxylic acids is 3. The average Bonchev–Trinajstić information content (AvgIpc) is 1.72. The lowest BCUT2D eigenvalue weighted by Gasteiger charge is -2.34. The fourth-order valence-electron chi connectivity index (χ4n) is 11.7. The zero-order valence-corrected chi connectivity index (χ0v) is 54.9. The maximum absolute atomic E-state index is 13.9. The number of unbranched alkanes of at least 4 members (excludes halogenated alkanes) is 5. The molecule has 26 nitrogen and oxygen atoms in total. The molecule has 6 rings (SSSR count). The molecule has 4 heterocycles. The Kier molecular flexibility index (Phi) is 31.6. The molecule has 0 bridgehead atoms. The molecule has 520 valence electrons. The Morgan fingerprint density at radius 2 is 1.32 bits per heavy atom.